The number of nitrogens with two attached hydrogens (primary N) is 1. The minimum Gasteiger partial charge on any atom is -0.325 e. The van der Waals surface area contributed by atoms with Gasteiger partial charge in [0.15, 0.2) is 0 Å². The van der Waals surface area contributed by atoms with Crippen LogP contribution in [0, 0.1) is 0 Å². The van der Waals surface area contributed by atoms with Crippen LogP contribution in [0.1, 0.15) is 16.1 Å². The van der Waals surface area contributed by atoms with Crippen molar-refractivity contribution in [2.75, 3.05) is 5.32 Å². The van der Waals surface area contributed by atoms with E-state index in [1.165, 1.54) is 0 Å². The van der Waals surface area contributed by atoms with Crippen molar-refractivity contribution in [1.29, 1.82) is 0 Å². The van der Waals surface area contributed by atoms with Gasteiger partial charge in [0.1, 0.15) is 0 Å². The highest BCUT2D eigenvalue weighted by Gasteiger charge is 2.07. The maximum absolute atomic E-state index is 12.2. The number of nitrogens with one attached hydrogen (secondary N) is 1. The first-order chi connectivity index (χ1) is 10.3. The second-order valence-electron chi connectivity index (χ2n) is 4.61. The van der Waals surface area contributed by atoms with Crippen LogP contribution in [0.25, 0.3) is 10.9 Å². The Morgan fingerprint density at radius 3 is 2.86 bits per heavy atom. The van der Waals surface area contributed by atoms with E-state index in [0.717, 1.165) is 10.9 Å². The van der Waals surface area contributed by atoms with Gasteiger partial charge >= 0.3 is 0 Å². The number of anilines is 1. The molecule has 21 heavy (non-hydrogen) atoms. The number of hydrogen-bond acceptors (Lipinski definition) is 4. The van der Waals surface area contributed by atoms with Gasteiger partial charge in [-0.05, 0) is 24.3 Å². The number of amides is 1. The molecular weight excluding hydrogens is 264 g/mol. The molecule has 0 aliphatic heterocycles. The lowest BCUT2D eigenvalue weighted by Gasteiger charge is -2.07. The molecular formula is C16H14N4O. The van der Waals surface area contributed by atoms with Crippen molar-refractivity contribution in [2.24, 2.45) is 5.73 Å². The molecule has 2 aromatic heterocycles. The molecule has 0 fully saturated rings. The number of pyridine rings is 2. The summed E-state index contributed by atoms with van der Waals surface area (Å²) in [6, 6.07) is 13.0. The highest BCUT2D eigenvalue weighted by molar-refractivity contribution is 6.04. The largest absolute Gasteiger partial charge is 0.325 e. The van der Waals surface area contributed by atoms with Gasteiger partial charge in [0.2, 0.25) is 0 Å². The fraction of sp³-hybridized carbons (Fsp3) is 0.0625. The van der Waals surface area contributed by atoms with Gasteiger partial charge in [-0.15, -0.1) is 0 Å². The van der Waals surface area contributed by atoms with E-state index >= 15 is 0 Å². The molecule has 3 N–H and O–H groups in total. The van der Waals surface area contributed by atoms with E-state index in [1.807, 2.05) is 30.3 Å². The van der Waals surface area contributed by atoms with Gasteiger partial charge in [-0.1, -0.05) is 18.2 Å². The number of nitrogens with zero attached hydrogens (tertiary/aromatic N) is 2. The molecule has 0 spiro atoms. The summed E-state index contributed by atoms with van der Waals surface area (Å²) < 4.78 is 0. The lowest BCUT2D eigenvalue weighted by Crippen LogP contribution is -2.13. The van der Waals surface area contributed by atoms with E-state index in [2.05, 4.69) is 15.3 Å². The van der Waals surface area contributed by atoms with E-state index < -0.39 is 0 Å². The molecule has 0 aliphatic rings. The minimum absolute atomic E-state index is 0.204. The molecule has 3 aromatic rings. The summed E-state index contributed by atoms with van der Waals surface area (Å²) in [7, 11) is 0. The van der Waals surface area contributed by atoms with E-state index in [4.69, 9.17) is 5.73 Å². The van der Waals surface area contributed by atoms with Crippen molar-refractivity contribution < 1.29 is 4.79 Å². The van der Waals surface area contributed by atoms with Crippen LogP contribution in [0.3, 0.4) is 0 Å². The number of aromatic nitrogens is 2. The molecule has 5 heteroatoms. The lowest BCUT2D eigenvalue weighted by atomic mass is 10.2. The quantitative estimate of drug-likeness (QED) is 0.770. The maximum atomic E-state index is 12.2. The molecule has 5 nitrogen and oxygen atoms in total. The Hall–Kier alpha value is -2.79. The Morgan fingerprint density at radius 1 is 1.14 bits per heavy atom. The first-order valence-corrected chi connectivity index (χ1v) is 6.57. The Labute approximate surface area is 121 Å². The predicted octanol–water partition coefficient (Wildman–Crippen LogP) is 2.34. The number of carbonyl (C=O) groups excluding carboxylic acids is 1. The molecule has 0 saturated heterocycles. The second kappa shape index (κ2) is 5.68. The predicted molar refractivity (Wildman–Crippen MR) is 81.8 cm³/mol. The number of rotatable bonds is 3. The van der Waals surface area contributed by atoms with Crippen LogP contribution in [0.2, 0.25) is 0 Å². The zero-order chi connectivity index (χ0) is 14.7. The van der Waals surface area contributed by atoms with Gasteiger partial charge in [0.05, 0.1) is 23.1 Å². The van der Waals surface area contributed by atoms with Crippen LogP contribution in [-0.4, -0.2) is 15.9 Å². The lowest BCUT2D eigenvalue weighted by molar-refractivity contribution is 0.102. The van der Waals surface area contributed by atoms with Crippen LogP contribution in [0.5, 0.6) is 0 Å². The third kappa shape index (κ3) is 2.88. The maximum Gasteiger partial charge on any atom is 0.255 e. The number of fused-ring (bicyclic) bond motifs is 1. The number of benzene rings is 1. The van der Waals surface area contributed by atoms with Gasteiger partial charge in [-0.25, -0.2) is 0 Å². The van der Waals surface area contributed by atoms with E-state index in [1.54, 1.807) is 24.5 Å². The van der Waals surface area contributed by atoms with Crippen LogP contribution in [-0.2, 0) is 6.54 Å². The first-order valence-electron chi connectivity index (χ1n) is 6.57. The molecule has 2 heterocycles. The molecule has 0 bridgehead atoms. The molecule has 0 unspecified atom stereocenters. The Bertz CT molecular complexity index is 801. The smallest absolute Gasteiger partial charge is 0.255 e. The average Bonchev–Trinajstić information content (AvgIpc) is 2.54. The van der Waals surface area contributed by atoms with Gasteiger partial charge in [-0.3, -0.25) is 14.8 Å². The summed E-state index contributed by atoms with van der Waals surface area (Å²) in [4.78, 5) is 20.6. The Kier molecular flexibility index (Phi) is 3.57. The summed E-state index contributed by atoms with van der Waals surface area (Å²) in [5.41, 5.74) is 8.29. The fourth-order valence-electron chi connectivity index (χ4n) is 2.07. The first kappa shape index (κ1) is 13.2. The van der Waals surface area contributed by atoms with Crippen molar-refractivity contribution in [3.8, 4) is 0 Å². The zero-order valence-corrected chi connectivity index (χ0v) is 11.3. The third-order valence-electron chi connectivity index (χ3n) is 3.14. The van der Waals surface area contributed by atoms with Crippen molar-refractivity contribution in [3.05, 3.63) is 66.1 Å². The van der Waals surface area contributed by atoms with Crippen molar-refractivity contribution in [3.63, 3.8) is 0 Å². The topological polar surface area (TPSA) is 80.9 Å². The zero-order valence-electron chi connectivity index (χ0n) is 11.3. The standard InChI is InChI=1S/C16H14N4O/c17-9-13-8-12(5-6-18-13)16(21)20-14-7-11-3-1-2-4-15(11)19-10-14/h1-8,10H,9,17H2,(H,20,21). The molecule has 1 amide bonds. The molecule has 104 valence electrons. The Morgan fingerprint density at radius 2 is 2.00 bits per heavy atom. The van der Waals surface area contributed by atoms with Crippen LogP contribution < -0.4 is 11.1 Å². The highest BCUT2D eigenvalue weighted by Crippen LogP contribution is 2.16. The van der Waals surface area contributed by atoms with E-state index in [-0.39, 0.29) is 5.91 Å². The molecule has 0 saturated carbocycles. The monoisotopic (exact) mass is 278 g/mol. The van der Waals surface area contributed by atoms with Gasteiger partial charge in [0, 0.05) is 23.7 Å². The SMILES string of the molecule is NCc1cc(C(=O)Nc2cnc3ccccc3c2)ccn1. The van der Waals surface area contributed by atoms with Gasteiger partial charge < -0.3 is 11.1 Å². The number of carbonyl (C=O) groups is 1. The number of para-hydroxylation sites is 1. The van der Waals surface area contributed by atoms with Crippen LogP contribution >= 0.6 is 0 Å². The van der Waals surface area contributed by atoms with Crippen LogP contribution in [0.15, 0.2) is 54.9 Å². The molecule has 0 aliphatic carbocycles. The van der Waals surface area contributed by atoms with E-state index in [0.29, 0.717) is 23.5 Å². The van der Waals surface area contributed by atoms with Crippen molar-refractivity contribution >= 4 is 22.5 Å². The van der Waals surface area contributed by atoms with Crippen molar-refractivity contribution in [1.82, 2.24) is 9.97 Å². The minimum atomic E-state index is -0.204. The molecule has 0 radical (unpaired) electrons. The fourth-order valence-corrected chi connectivity index (χ4v) is 2.07. The summed E-state index contributed by atoms with van der Waals surface area (Å²) in [6.45, 7) is 0.304. The summed E-state index contributed by atoms with van der Waals surface area (Å²) >= 11 is 0. The molecule has 0 atom stereocenters. The average molecular weight is 278 g/mol. The van der Waals surface area contributed by atoms with Crippen molar-refractivity contribution in [2.45, 2.75) is 6.54 Å². The highest BCUT2D eigenvalue weighted by atomic mass is 16.1. The normalized spacial score (nSPS) is 10.5. The second-order valence-corrected chi connectivity index (χ2v) is 4.61. The van der Waals surface area contributed by atoms with Gasteiger partial charge in [0.25, 0.3) is 5.91 Å². The Balaban J connectivity index is 1.85. The van der Waals surface area contributed by atoms with E-state index in [9.17, 15) is 4.79 Å². The number of hydrogen-bond donors (Lipinski definition) is 2. The summed E-state index contributed by atoms with van der Waals surface area (Å²) in [5.74, 6) is -0.204. The molecule has 1 aromatic carbocycles. The summed E-state index contributed by atoms with van der Waals surface area (Å²) in [6.07, 6.45) is 3.22. The third-order valence-corrected chi connectivity index (χ3v) is 3.14. The molecule has 3 rings (SSSR count). The van der Waals surface area contributed by atoms with Gasteiger partial charge in [-0.2, -0.15) is 0 Å². The van der Waals surface area contributed by atoms with Crippen LogP contribution in [0.4, 0.5) is 5.69 Å². The summed E-state index contributed by atoms with van der Waals surface area (Å²) in [5, 5.41) is 3.81.